The van der Waals surface area contributed by atoms with Gasteiger partial charge in [-0.3, -0.25) is 19.4 Å². The van der Waals surface area contributed by atoms with Gasteiger partial charge in [-0.1, -0.05) is 42.5 Å². The van der Waals surface area contributed by atoms with E-state index in [1.54, 1.807) is 17.0 Å². The van der Waals surface area contributed by atoms with Crippen molar-refractivity contribution in [1.82, 2.24) is 4.90 Å². The van der Waals surface area contributed by atoms with E-state index in [0.717, 1.165) is 25.1 Å². The van der Waals surface area contributed by atoms with Crippen LogP contribution in [0.25, 0.3) is 0 Å². The zero-order chi connectivity index (χ0) is 15.8. The van der Waals surface area contributed by atoms with Crippen LogP contribution in [-0.4, -0.2) is 29.8 Å². The SMILES string of the molecule is O=C1C(=O)N(CN2CCCC2c2ccccc2)c2ccccc21. The normalized spacial score (nSPS) is 21.0. The number of Topliss-reactive ketones (excluding diaryl/α,β-unsaturated/α-hetero) is 1. The molecule has 2 aliphatic heterocycles. The molecule has 0 aliphatic carbocycles. The average Bonchev–Trinajstić information content (AvgIpc) is 3.15. The molecule has 2 aliphatic rings. The molecular weight excluding hydrogens is 288 g/mol. The average molecular weight is 306 g/mol. The number of ketones is 1. The van der Waals surface area contributed by atoms with E-state index in [-0.39, 0.29) is 0 Å². The third-order valence-electron chi connectivity index (χ3n) is 4.75. The summed E-state index contributed by atoms with van der Waals surface area (Å²) in [5.41, 5.74) is 2.53. The van der Waals surface area contributed by atoms with Gasteiger partial charge in [-0.15, -0.1) is 0 Å². The van der Waals surface area contributed by atoms with Crippen molar-refractivity contribution in [2.75, 3.05) is 18.1 Å². The molecule has 1 fully saturated rings. The summed E-state index contributed by atoms with van der Waals surface area (Å²) in [5.74, 6) is -0.805. The molecule has 4 heteroatoms. The van der Waals surface area contributed by atoms with E-state index in [1.807, 2.05) is 30.3 Å². The van der Waals surface area contributed by atoms with E-state index in [9.17, 15) is 9.59 Å². The quantitative estimate of drug-likeness (QED) is 0.819. The molecule has 0 N–H and O–H groups in total. The van der Waals surface area contributed by atoms with Crippen LogP contribution in [0.4, 0.5) is 5.69 Å². The minimum atomic E-state index is -0.412. The van der Waals surface area contributed by atoms with Crippen LogP contribution in [-0.2, 0) is 4.79 Å². The number of nitrogens with zero attached hydrogens (tertiary/aromatic N) is 2. The molecule has 0 bridgehead atoms. The van der Waals surface area contributed by atoms with E-state index >= 15 is 0 Å². The lowest BCUT2D eigenvalue weighted by Crippen LogP contribution is -2.40. The first-order valence-electron chi connectivity index (χ1n) is 8.00. The molecule has 23 heavy (non-hydrogen) atoms. The number of amides is 1. The Morgan fingerprint density at radius 2 is 1.70 bits per heavy atom. The lowest BCUT2D eigenvalue weighted by molar-refractivity contribution is -0.114. The first kappa shape index (κ1) is 14.2. The predicted molar refractivity (Wildman–Crippen MR) is 88.2 cm³/mol. The minimum Gasteiger partial charge on any atom is -0.291 e. The molecule has 2 heterocycles. The van der Waals surface area contributed by atoms with E-state index < -0.39 is 11.7 Å². The number of carbonyl (C=O) groups is 2. The van der Waals surface area contributed by atoms with Crippen molar-refractivity contribution in [2.45, 2.75) is 18.9 Å². The minimum absolute atomic E-state index is 0.312. The van der Waals surface area contributed by atoms with Crippen LogP contribution in [0.2, 0.25) is 0 Å². The highest BCUT2D eigenvalue weighted by molar-refractivity contribution is 6.52. The van der Waals surface area contributed by atoms with E-state index in [4.69, 9.17) is 0 Å². The van der Waals surface area contributed by atoms with Crippen LogP contribution in [0, 0.1) is 0 Å². The Balaban J connectivity index is 1.61. The number of fused-ring (bicyclic) bond motifs is 1. The molecule has 2 aromatic carbocycles. The molecule has 1 unspecified atom stereocenters. The number of hydrogen-bond donors (Lipinski definition) is 0. The van der Waals surface area contributed by atoms with Crippen molar-refractivity contribution in [3.63, 3.8) is 0 Å². The molecule has 0 radical (unpaired) electrons. The Morgan fingerprint density at radius 1 is 0.957 bits per heavy atom. The molecule has 0 saturated carbocycles. The van der Waals surface area contributed by atoms with Gasteiger partial charge in [-0.25, -0.2) is 0 Å². The van der Waals surface area contributed by atoms with Gasteiger partial charge in [0.2, 0.25) is 0 Å². The maximum atomic E-state index is 12.3. The van der Waals surface area contributed by atoms with Crippen molar-refractivity contribution in [1.29, 1.82) is 0 Å². The van der Waals surface area contributed by atoms with Gasteiger partial charge in [0, 0.05) is 12.6 Å². The largest absolute Gasteiger partial charge is 0.300 e. The lowest BCUT2D eigenvalue weighted by Gasteiger charge is -2.29. The highest BCUT2D eigenvalue weighted by atomic mass is 16.2. The topological polar surface area (TPSA) is 40.6 Å². The molecule has 116 valence electrons. The van der Waals surface area contributed by atoms with Crippen LogP contribution >= 0.6 is 0 Å². The standard InChI is InChI=1S/C19H18N2O2/c22-18-15-9-4-5-10-17(15)21(19(18)23)13-20-12-6-11-16(20)14-7-2-1-3-8-14/h1-5,7-10,16H,6,11-13H2. The monoisotopic (exact) mass is 306 g/mol. The maximum absolute atomic E-state index is 12.3. The molecule has 4 rings (SSSR count). The molecule has 1 atom stereocenters. The smallest absolute Gasteiger partial charge is 0.291 e. The second kappa shape index (κ2) is 5.63. The first-order chi connectivity index (χ1) is 11.3. The summed E-state index contributed by atoms with van der Waals surface area (Å²) in [6.45, 7) is 1.42. The second-order valence-corrected chi connectivity index (χ2v) is 6.10. The summed E-state index contributed by atoms with van der Waals surface area (Å²) in [7, 11) is 0. The number of anilines is 1. The summed E-state index contributed by atoms with van der Waals surface area (Å²) in [6.07, 6.45) is 2.19. The van der Waals surface area contributed by atoms with Crippen LogP contribution in [0.1, 0.15) is 34.8 Å². The van der Waals surface area contributed by atoms with Crippen LogP contribution in [0.3, 0.4) is 0 Å². The van der Waals surface area contributed by atoms with Gasteiger partial charge in [-0.05, 0) is 30.5 Å². The molecule has 0 spiro atoms. The number of hydrogen-bond acceptors (Lipinski definition) is 3. The van der Waals surface area contributed by atoms with Gasteiger partial charge in [0.25, 0.3) is 5.78 Å². The Bertz CT molecular complexity index is 757. The van der Waals surface area contributed by atoms with Crippen molar-refractivity contribution in [3.8, 4) is 0 Å². The van der Waals surface area contributed by atoms with E-state index in [2.05, 4.69) is 17.0 Å². The first-order valence-corrected chi connectivity index (χ1v) is 8.00. The third kappa shape index (κ3) is 2.35. The highest BCUT2D eigenvalue weighted by Crippen LogP contribution is 2.35. The molecule has 2 aromatic rings. The number of benzene rings is 2. The zero-order valence-electron chi connectivity index (χ0n) is 12.8. The summed E-state index contributed by atoms with van der Waals surface area (Å²) < 4.78 is 0. The van der Waals surface area contributed by atoms with E-state index in [1.165, 1.54) is 5.56 Å². The molecular formula is C19H18N2O2. The van der Waals surface area contributed by atoms with Crippen molar-refractivity contribution >= 4 is 17.4 Å². The Morgan fingerprint density at radius 3 is 2.52 bits per heavy atom. The number of likely N-dealkylation sites (tertiary alicyclic amines) is 1. The van der Waals surface area contributed by atoms with Gasteiger partial charge < -0.3 is 0 Å². The van der Waals surface area contributed by atoms with Crippen LogP contribution in [0.15, 0.2) is 54.6 Å². The van der Waals surface area contributed by atoms with E-state index in [0.29, 0.717) is 18.3 Å². The maximum Gasteiger partial charge on any atom is 0.300 e. The highest BCUT2D eigenvalue weighted by Gasteiger charge is 2.38. The second-order valence-electron chi connectivity index (χ2n) is 6.10. The summed E-state index contributed by atoms with van der Waals surface area (Å²) >= 11 is 0. The third-order valence-corrected chi connectivity index (χ3v) is 4.75. The van der Waals surface area contributed by atoms with Crippen molar-refractivity contribution in [3.05, 3.63) is 65.7 Å². The fraction of sp³-hybridized carbons (Fsp3) is 0.263. The molecule has 0 aromatic heterocycles. The predicted octanol–water partition coefficient (Wildman–Crippen LogP) is 3.01. The lowest BCUT2D eigenvalue weighted by atomic mass is 10.1. The fourth-order valence-corrected chi connectivity index (χ4v) is 3.62. The Kier molecular flexibility index (Phi) is 3.46. The Hall–Kier alpha value is -2.46. The number of rotatable bonds is 3. The number of para-hydroxylation sites is 1. The zero-order valence-corrected chi connectivity index (χ0v) is 12.8. The summed E-state index contributed by atoms with van der Waals surface area (Å²) in [4.78, 5) is 28.4. The van der Waals surface area contributed by atoms with Gasteiger partial charge in [-0.2, -0.15) is 0 Å². The molecule has 4 nitrogen and oxygen atoms in total. The van der Waals surface area contributed by atoms with Gasteiger partial charge in [0.1, 0.15) is 0 Å². The van der Waals surface area contributed by atoms with Crippen molar-refractivity contribution in [2.24, 2.45) is 0 Å². The van der Waals surface area contributed by atoms with Gasteiger partial charge in [0.05, 0.1) is 17.9 Å². The summed E-state index contributed by atoms with van der Waals surface area (Å²) in [5, 5.41) is 0. The van der Waals surface area contributed by atoms with Crippen molar-refractivity contribution < 1.29 is 9.59 Å². The molecule has 1 saturated heterocycles. The van der Waals surface area contributed by atoms with Crippen LogP contribution in [0.5, 0.6) is 0 Å². The van der Waals surface area contributed by atoms with Crippen LogP contribution < -0.4 is 4.90 Å². The van der Waals surface area contributed by atoms with Gasteiger partial charge >= 0.3 is 5.91 Å². The molecule has 1 amide bonds. The summed E-state index contributed by atoms with van der Waals surface area (Å²) in [6, 6.07) is 17.9. The fourth-order valence-electron chi connectivity index (χ4n) is 3.62. The Labute approximate surface area is 135 Å². The van der Waals surface area contributed by atoms with Gasteiger partial charge in [0.15, 0.2) is 0 Å². The number of carbonyl (C=O) groups excluding carboxylic acids is 2.